The van der Waals surface area contributed by atoms with Gasteiger partial charge >= 0.3 is 0 Å². The third-order valence-corrected chi connectivity index (χ3v) is 3.33. The molecule has 0 saturated carbocycles. The van der Waals surface area contributed by atoms with Crippen LogP contribution in [0.15, 0.2) is 48.5 Å². The summed E-state index contributed by atoms with van der Waals surface area (Å²) in [6.45, 7) is 4.49. The summed E-state index contributed by atoms with van der Waals surface area (Å²) in [6, 6.07) is 15.0. The first-order valence-electron chi connectivity index (χ1n) is 6.70. The fraction of sp³-hybridized carbons (Fsp3) is 0.235. The zero-order chi connectivity index (χ0) is 14.5. The van der Waals surface area contributed by atoms with Gasteiger partial charge < -0.3 is 10.4 Å². The number of carbonyl (C=O) groups excluding carboxylic acids is 1. The zero-order valence-electron chi connectivity index (χ0n) is 11.8. The van der Waals surface area contributed by atoms with Crippen molar-refractivity contribution in [2.45, 2.75) is 19.8 Å². The third-order valence-electron chi connectivity index (χ3n) is 3.33. The quantitative estimate of drug-likeness (QED) is 0.895. The average molecular weight is 269 g/mol. The average Bonchev–Trinajstić information content (AvgIpc) is 2.47. The van der Waals surface area contributed by atoms with Gasteiger partial charge in [-0.15, -0.1) is 0 Å². The monoisotopic (exact) mass is 269 g/mol. The topological polar surface area (TPSA) is 49.3 Å². The van der Waals surface area contributed by atoms with Crippen molar-refractivity contribution in [1.29, 1.82) is 0 Å². The van der Waals surface area contributed by atoms with E-state index >= 15 is 0 Å². The van der Waals surface area contributed by atoms with Crippen molar-refractivity contribution < 1.29 is 9.90 Å². The van der Waals surface area contributed by atoms with Gasteiger partial charge in [-0.05, 0) is 30.5 Å². The number of carbonyl (C=O) groups is 1. The van der Waals surface area contributed by atoms with Crippen LogP contribution in [0.2, 0.25) is 0 Å². The number of hydrogen-bond acceptors (Lipinski definition) is 2. The van der Waals surface area contributed by atoms with Crippen LogP contribution in [0.5, 0.6) is 5.75 Å². The summed E-state index contributed by atoms with van der Waals surface area (Å²) in [5.41, 5.74) is 2.45. The van der Waals surface area contributed by atoms with Crippen molar-refractivity contribution >= 4 is 5.91 Å². The first-order chi connectivity index (χ1) is 9.58. The number of benzene rings is 2. The highest BCUT2D eigenvalue weighted by molar-refractivity contribution is 5.97. The van der Waals surface area contributed by atoms with Crippen LogP contribution < -0.4 is 5.32 Å². The number of hydrogen-bond donors (Lipinski definition) is 2. The first kappa shape index (κ1) is 14.1. The predicted octanol–water partition coefficient (Wildman–Crippen LogP) is 3.23. The molecule has 0 spiro atoms. The van der Waals surface area contributed by atoms with E-state index < -0.39 is 0 Å². The molecule has 0 aliphatic rings. The largest absolute Gasteiger partial charge is 0.507 e. The predicted molar refractivity (Wildman–Crippen MR) is 80.0 cm³/mol. The summed E-state index contributed by atoms with van der Waals surface area (Å²) in [6.07, 6.45) is 0. The summed E-state index contributed by atoms with van der Waals surface area (Å²) < 4.78 is 0. The highest BCUT2D eigenvalue weighted by Gasteiger charge is 2.12. The molecule has 0 saturated heterocycles. The molecule has 1 amide bonds. The van der Waals surface area contributed by atoms with E-state index in [4.69, 9.17) is 0 Å². The number of phenolic OH excluding ortho intramolecular Hbond substituents is 1. The van der Waals surface area contributed by atoms with Crippen molar-refractivity contribution in [2.24, 2.45) is 0 Å². The minimum atomic E-state index is -0.242. The lowest BCUT2D eigenvalue weighted by Gasteiger charge is -2.13. The Hall–Kier alpha value is -2.29. The molecule has 0 bridgehead atoms. The molecule has 0 aromatic heterocycles. The molecular formula is C17H19NO2. The number of aromatic hydroxyl groups is 1. The lowest BCUT2D eigenvalue weighted by Crippen LogP contribution is -2.27. The van der Waals surface area contributed by atoms with E-state index in [2.05, 4.69) is 12.2 Å². The Morgan fingerprint density at radius 1 is 1.20 bits per heavy atom. The van der Waals surface area contributed by atoms with Gasteiger partial charge in [0.25, 0.3) is 5.91 Å². The lowest BCUT2D eigenvalue weighted by molar-refractivity contribution is 0.0949. The van der Waals surface area contributed by atoms with E-state index in [1.54, 1.807) is 18.2 Å². The molecule has 2 aromatic rings. The third kappa shape index (κ3) is 3.38. The van der Waals surface area contributed by atoms with Gasteiger partial charge in [-0.25, -0.2) is 0 Å². The Labute approximate surface area is 119 Å². The summed E-state index contributed by atoms with van der Waals surface area (Å²) in [4.78, 5) is 12.1. The van der Waals surface area contributed by atoms with Gasteiger partial charge in [-0.3, -0.25) is 4.79 Å². The van der Waals surface area contributed by atoms with Crippen molar-refractivity contribution in [2.75, 3.05) is 6.54 Å². The maximum absolute atomic E-state index is 12.1. The Bertz CT molecular complexity index is 593. The smallest absolute Gasteiger partial charge is 0.255 e. The summed E-state index contributed by atoms with van der Waals surface area (Å²) in [7, 11) is 0. The van der Waals surface area contributed by atoms with Crippen LogP contribution in [0.4, 0.5) is 0 Å². The van der Waals surface area contributed by atoms with Crippen LogP contribution in [0.3, 0.4) is 0 Å². The summed E-state index contributed by atoms with van der Waals surface area (Å²) in [5, 5.41) is 12.6. The molecule has 2 rings (SSSR count). The molecule has 3 heteroatoms. The molecule has 0 aliphatic heterocycles. The fourth-order valence-electron chi connectivity index (χ4n) is 2.07. The highest BCUT2D eigenvalue weighted by Crippen LogP contribution is 2.18. The van der Waals surface area contributed by atoms with Crippen molar-refractivity contribution in [3.63, 3.8) is 0 Å². The normalized spacial score (nSPS) is 11.9. The van der Waals surface area contributed by atoms with Crippen LogP contribution in [0.1, 0.15) is 34.3 Å². The van der Waals surface area contributed by atoms with E-state index in [0.717, 1.165) is 5.56 Å². The zero-order valence-corrected chi connectivity index (χ0v) is 11.8. The molecule has 0 radical (unpaired) electrons. The number of nitrogens with one attached hydrogen (secondary N) is 1. The van der Waals surface area contributed by atoms with Gasteiger partial charge in [0.15, 0.2) is 0 Å². The van der Waals surface area contributed by atoms with E-state index in [0.29, 0.717) is 12.1 Å². The Morgan fingerprint density at radius 3 is 2.60 bits per heavy atom. The summed E-state index contributed by atoms with van der Waals surface area (Å²) >= 11 is 0. The van der Waals surface area contributed by atoms with Gasteiger partial charge in [0.1, 0.15) is 5.75 Å². The van der Waals surface area contributed by atoms with Gasteiger partial charge in [-0.1, -0.05) is 48.9 Å². The van der Waals surface area contributed by atoms with E-state index in [9.17, 15) is 9.90 Å². The van der Waals surface area contributed by atoms with E-state index in [1.165, 1.54) is 5.56 Å². The van der Waals surface area contributed by atoms with Gasteiger partial charge in [0.2, 0.25) is 0 Å². The first-order valence-corrected chi connectivity index (χ1v) is 6.70. The molecule has 0 unspecified atom stereocenters. The minimum absolute atomic E-state index is 0.0143. The number of amides is 1. The Balaban J connectivity index is 2.00. The summed E-state index contributed by atoms with van der Waals surface area (Å²) in [5.74, 6) is 0.00143. The van der Waals surface area contributed by atoms with Gasteiger partial charge in [0, 0.05) is 6.54 Å². The minimum Gasteiger partial charge on any atom is -0.507 e. The molecule has 3 nitrogen and oxygen atoms in total. The number of aryl methyl sites for hydroxylation is 1. The molecule has 20 heavy (non-hydrogen) atoms. The standard InChI is InChI=1S/C17H19NO2/c1-12-8-9-16(19)15(10-12)17(20)18-11-13(2)14-6-4-3-5-7-14/h3-10,13,19H,11H2,1-2H3,(H,18,20)/t13-/m1/s1. The second-order valence-corrected chi connectivity index (χ2v) is 5.04. The van der Waals surface area contributed by atoms with E-state index in [1.807, 2.05) is 37.3 Å². The molecule has 1 atom stereocenters. The van der Waals surface area contributed by atoms with Gasteiger partial charge in [0.05, 0.1) is 5.56 Å². The second kappa shape index (κ2) is 6.24. The van der Waals surface area contributed by atoms with Crippen LogP contribution in [-0.4, -0.2) is 17.6 Å². The van der Waals surface area contributed by atoms with E-state index in [-0.39, 0.29) is 17.6 Å². The molecule has 2 N–H and O–H groups in total. The number of phenols is 1. The molecule has 104 valence electrons. The highest BCUT2D eigenvalue weighted by atomic mass is 16.3. The van der Waals surface area contributed by atoms with Crippen LogP contribution >= 0.6 is 0 Å². The van der Waals surface area contributed by atoms with Crippen molar-refractivity contribution in [1.82, 2.24) is 5.32 Å². The molecule has 0 fully saturated rings. The van der Waals surface area contributed by atoms with Crippen molar-refractivity contribution in [3.05, 3.63) is 65.2 Å². The van der Waals surface area contributed by atoms with Gasteiger partial charge in [-0.2, -0.15) is 0 Å². The van der Waals surface area contributed by atoms with Crippen molar-refractivity contribution in [3.8, 4) is 5.75 Å². The van der Waals surface area contributed by atoms with Crippen LogP contribution in [0.25, 0.3) is 0 Å². The molecule has 2 aromatic carbocycles. The lowest BCUT2D eigenvalue weighted by atomic mass is 10.0. The SMILES string of the molecule is Cc1ccc(O)c(C(=O)NC[C@@H](C)c2ccccc2)c1. The fourth-order valence-corrected chi connectivity index (χ4v) is 2.07. The Morgan fingerprint density at radius 2 is 1.90 bits per heavy atom. The van der Waals surface area contributed by atoms with Crippen LogP contribution in [0, 0.1) is 6.92 Å². The second-order valence-electron chi connectivity index (χ2n) is 5.04. The Kier molecular flexibility index (Phi) is 4.41. The molecular weight excluding hydrogens is 250 g/mol. The molecule has 0 heterocycles. The van der Waals surface area contributed by atoms with Crippen LogP contribution in [-0.2, 0) is 0 Å². The maximum Gasteiger partial charge on any atom is 0.255 e. The maximum atomic E-state index is 12.1. The number of rotatable bonds is 4. The molecule has 0 aliphatic carbocycles.